The molecule has 5 heteroatoms. The molecule has 0 bridgehead atoms. The Kier molecular flexibility index (Phi) is 6.11. The highest BCUT2D eigenvalue weighted by Gasteiger charge is 2.21. The molecular formula is C22H30N4O. The Balaban J connectivity index is 1.78. The van der Waals surface area contributed by atoms with Crippen LogP contribution in [-0.2, 0) is 0 Å². The first-order valence-corrected chi connectivity index (χ1v) is 9.83. The summed E-state index contributed by atoms with van der Waals surface area (Å²) < 4.78 is 0. The van der Waals surface area contributed by atoms with Crippen LogP contribution in [0.1, 0.15) is 48.2 Å². The smallest absolute Gasteiger partial charge is 0.254 e. The van der Waals surface area contributed by atoms with Gasteiger partial charge in [0.1, 0.15) is 5.82 Å². The third-order valence-electron chi connectivity index (χ3n) is 5.29. The standard InChI is InChI=1S/C22H30N4O/c1-5-25-11-13-26(14-12-25)22(27)18-9-10-23-20(15-18)24-21-17(4)7-6-8-19(21)16(2)3/h6-10,15-16H,5,11-14H2,1-4H3,(H,23,24). The van der Waals surface area contributed by atoms with Gasteiger partial charge in [-0.3, -0.25) is 4.79 Å². The van der Waals surface area contributed by atoms with E-state index in [0.717, 1.165) is 38.4 Å². The maximum atomic E-state index is 12.9. The van der Waals surface area contributed by atoms with Gasteiger partial charge >= 0.3 is 0 Å². The number of rotatable bonds is 5. The molecule has 5 nitrogen and oxygen atoms in total. The number of aromatic nitrogens is 1. The Bertz CT molecular complexity index is 795. The summed E-state index contributed by atoms with van der Waals surface area (Å²) in [5.74, 6) is 1.21. The molecule has 1 aliphatic heterocycles. The summed E-state index contributed by atoms with van der Waals surface area (Å²) in [6, 6.07) is 9.99. The summed E-state index contributed by atoms with van der Waals surface area (Å²) in [5, 5.41) is 3.45. The van der Waals surface area contributed by atoms with Crippen LogP contribution in [0.2, 0.25) is 0 Å². The van der Waals surface area contributed by atoms with Gasteiger partial charge in [0.2, 0.25) is 0 Å². The van der Waals surface area contributed by atoms with Crippen LogP contribution in [0, 0.1) is 6.92 Å². The molecule has 1 aromatic carbocycles. The molecule has 0 saturated carbocycles. The topological polar surface area (TPSA) is 48.5 Å². The van der Waals surface area contributed by atoms with Crippen LogP contribution in [0.4, 0.5) is 11.5 Å². The van der Waals surface area contributed by atoms with E-state index in [1.54, 1.807) is 12.3 Å². The number of para-hydroxylation sites is 1. The molecule has 2 heterocycles. The molecule has 1 fully saturated rings. The highest BCUT2D eigenvalue weighted by atomic mass is 16.2. The summed E-state index contributed by atoms with van der Waals surface area (Å²) in [6.07, 6.45) is 1.71. The fourth-order valence-corrected chi connectivity index (χ4v) is 3.55. The molecule has 1 aromatic heterocycles. The number of anilines is 2. The molecule has 0 atom stereocenters. The van der Waals surface area contributed by atoms with E-state index in [0.29, 0.717) is 17.3 Å². The Morgan fingerprint density at radius 1 is 1.19 bits per heavy atom. The van der Waals surface area contributed by atoms with E-state index in [4.69, 9.17) is 0 Å². The van der Waals surface area contributed by atoms with Crippen molar-refractivity contribution in [3.8, 4) is 0 Å². The number of hydrogen-bond donors (Lipinski definition) is 1. The Hall–Kier alpha value is -2.40. The first kappa shape index (κ1) is 19.4. The van der Waals surface area contributed by atoms with Crippen LogP contribution in [0.25, 0.3) is 0 Å². The van der Waals surface area contributed by atoms with Crippen LogP contribution in [0.3, 0.4) is 0 Å². The third kappa shape index (κ3) is 4.48. The fraction of sp³-hybridized carbons (Fsp3) is 0.455. The number of nitrogens with zero attached hydrogens (tertiary/aromatic N) is 3. The quantitative estimate of drug-likeness (QED) is 0.868. The second-order valence-electron chi connectivity index (χ2n) is 7.48. The summed E-state index contributed by atoms with van der Waals surface area (Å²) in [6.45, 7) is 13.1. The molecule has 0 spiro atoms. The van der Waals surface area contributed by atoms with Crippen molar-refractivity contribution < 1.29 is 4.79 Å². The predicted octanol–water partition coefficient (Wildman–Crippen LogP) is 4.03. The lowest BCUT2D eigenvalue weighted by molar-refractivity contribution is 0.0643. The molecule has 144 valence electrons. The molecule has 27 heavy (non-hydrogen) atoms. The maximum Gasteiger partial charge on any atom is 0.254 e. The molecule has 3 rings (SSSR count). The molecule has 0 unspecified atom stereocenters. The molecule has 1 N–H and O–H groups in total. The molecule has 1 saturated heterocycles. The average Bonchev–Trinajstić information content (AvgIpc) is 2.69. The van der Waals surface area contributed by atoms with Gasteiger partial charge in [0.05, 0.1) is 0 Å². The minimum absolute atomic E-state index is 0.0880. The SMILES string of the molecule is CCN1CCN(C(=O)c2ccnc(Nc3c(C)cccc3C(C)C)c2)CC1. The fourth-order valence-electron chi connectivity index (χ4n) is 3.55. The average molecular weight is 367 g/mol. The van der Waals surface area contributed by atoms with Crippen molar-refractivity contribution in [1.29, 1.82) is 0 Å². The number of pyridine rings is 1. The zero-order valence-corrected chi connectivity index (χ0v) is 16.8. The minimum atomic E-state index is 0.0880. The molecule has 1 amide bonds. The monoisotopic (exact) mass is 366 g/mol. The van der Waals surface area contributed by atoms with Gasteiger partial charge in [-0.25, -0.2) is 4.98 Å². The van der Waals surface area contributed by atoms with E-state index in [9.17, 15) is 4.79 Å². The highest BCUT2D eigenvalue weighted by molar-refractivity contribution is 5.95. The molecule has 0 radical (unpaired) electrons. The van der Waals surface area contributed by atoms with Gasteiger partial charge in [0.15, 0.2) is 0 Å². The molecular weight excluding hydrogens is 336 g/mol. The number of nitrogens with one attached hydrogen (secondary N) is 1. The summed E-state index contributed by atoms with van der Waals surface area (Å²) >= 11 is 0. The van der Waals surface area contributed by atoms with Crippen LogP contribution in [0.15, 0.2) is 36.5 Å². The van der Waals surface area contributed by atoms with Crippen molar-refractivity contribution >= 4 is 17.4 Å². The van der Waals surface area contributed by atoms with Crippen molar-refractivity contribution in [2.24, 2.45) is 0 Å². The van der Waals surface area contributed by atoms with Crippen LogP contribution in [-0.4, -0.2) is 53.4 Å². The van der Waals surface area contributed by atoms with Crippen molar-refractivity contribution in [1.82, 2.24) is 14.8 Å². The van der Waals surface area contributed by atoms with E-state index in [1.165, 1.54) is 11.1 Å². The number of aryl methyl sites for hydroxylation is 1. The number of hydrogen-bond acceptors (Lipinski definition) is 4. The molecule has 0 aliphatic carbocycles. The third-order valence-corrected chi connectivity index (χ3v) is 5.29. The van der Waals surface area contributed by atoms with E-state index in [1.807, 2.05) is 11.0 Å². The van der Waals surface area contributed by atoms with E-state index < -0.39 is 0 Å². The number of likely N-dealkylation sites (N-methyl/N-ethyl adjacent to an activating group) is 1. The molecule has 1 aliphatic rings. The van der Waals surface area contributed by atoms with E-state index in [2.05, 4.69) is 61.1 Å². The highest BCUT2D eigenvalue weighted by Crippen LogP contribution is 2.29. The zero-order chi connectivity index (χ0) is 19.4. The van der Waals surface area contributed by atoms with E-state index >= 15 is 0 Å². The lowest BCUT2D eigenvalue weighted by atomic mass is 9.98. The van der Waals surface area contributed by atoms with E-state index in [-0.39, 0.29) is 5.91 Å². The van der Waals surface area contributed by atoms with Crippen molar-refractivity contribution in [3.63, 3.8) is 0 Å². The van der Waals surface area contributed by atoms with Gasteiger partial charge < -0.3 is 15.1 Å². The predicted molar refractivity (Wildman–Crippen MR) is 111 cm³/mol. The van der Waals surface area contributed by atoms with Crippen molar-refractivity contribution in [2.45, 2.75) is 33.6 Å². The van der Waals surface area contributed by atoms with Gasteiger partial charge in [-0.2, -0.15) is 0 Å². The summed E-state index contributed by atoms with van der Waals surface area (Å²) in [4.78, 5) is 21.6. The van der Waals surface area contributed by atoms with Gasteiger partial charge in [-0.05, 0) is 42.6 Å². The second-order valence-corrected chi connectivity index (χ2v) is 7.48. The Labute approximate surface area is 162 Å². The largest absolute Gasteiger partial charge is 0.340 e. The Morgan fingerprint density at radius 3 is 2.59 bits per heavy atom. The maximum absolute atomic E-state index is 12.9. The first-order valence-electron chi connectivity index (χ1n) is 9.83. The Morgan fingerprint density at radius 2 is 1.93 bits per heavy atom. The second kappa shape index (κ2) is 8.53. The number of amides is 1. The summed E-state index contributed by atoms with van der Waals surface area (Å²) in [7, 11) is 0. The summed E-state index contributed by atoms with van der Waals surface area (Å²) in [5.41, 5.74) is 4.21. The lowest BCUT2D eigenvalue weighted by Gasteiger charge is -2.34. The number of carbonyl (C=O) groups excluding carboxylic acids is 1. The number of benzene rings is 1. The minimum Gasteiger partial charge on any atom is -0.340 e. The van der Waals surface area contributed by atoms with Gasteiger partial charge in [-0.15, -0.1) is 0 Å². The normalized spacial score (nSPS) is 15.2. The first-order chi connectivity index (χ1) is 13.0. The van der Waals surface area contributed by atoms with Gasteiger partial charge in [-0.1, -0.05) is 39.0 Å². The van der Waals surface area contributed by atoms with Crippen molar-refractivity contribution in [2.75, 3.05) is 38.0 Å². The number of piperazine rings is 1. The van der Waals surface area contributed by atoms with Crippen LogP contribution < -0.4 is 5.32 Å². The van der Waals surface area contributed by atoms with Gasteiger partial charge in [0.25, 0.3) is 5.91 Å². The lowest BCUT2D eigenvalue weighted by Crippen LogP contribution is -2.48. The molecule has 2 aromatic rings. The van der Waals surface area contributed by atoms with Crippen LogP contribution >= 0.6 is 0 Å². The van der Waals surface area contributed by atoms with Crippen molar-refractivity contribution in [3.05, 3.63) is 53.2 Å². The number of carbonyl (C=O) groups is 1. The van der Waals surface area contributed by atoms with Gasteiger partial charge in [0, 0.05) is 43.6 Å². The van der Waals surface area contributed by atoms with Crippen LogP contribution in [0.5, 0.6) is 0 Å². The zero-order valence-electron chi connectivity index (χ0n) is 16.8.